The molecule has 0 saturated carbocycles. The Morgan fingerprint density at radius 1 is 1.15 bits per heavy atom. The van der Waals surface area contributed by atoms with Crippen molar-refractivity contribution in [2.75, 3.05) is 0 Å². The molecule has 1 N–H and O–H groups in total. The van der Waals surface area contributed by atoms with E-state index in [-0.39, 0.29) is 16.5 Å². The number of carbonyl (C=O) groups is 1. The minimum atomic E-state index is -0.608. The van der Waals surface area contributed by atoms with E-state index in [0.29, 0.717) is 12.4 Å². The molecule has 2 nitrogen and oxygen atoms in total. The minimum absolute atomic E-state index is 0.00337. The van der Waals surface area contributed by atoms with Gasteiger partial charge in [0, 0.05) is 18.0 Å². The molecular formula is C15H12Cl2FNO. The van der Waals surface area contributed by atoms with Gasteiger partial charge in [-0.2, -0.15) is 0 Å². The van der Waals surface area contributed by atoms with Gasteiger partial charge in [-0.05, 0) is 29.3 Å². The lowest BCUT2D eigenvalue weighted by molar-refractivity contribution is 0.0950. The van der Waals surface area contributed by atoms with E-state index in [4.69, 9.17) is 23.2 Å². The Kier molecular flexibility index (Phi) is 4.99. The van der Waals surface area contributed by atoms with Crippen molar-refractivity contribution in [3.05, 3.63) is 70.0 Å². The number of hydrogen-bond acceptors (Lipinski definition) is 1. The van der Waals surface area contributed by atoms with Crippen LogP contribution in [0.4, 0.5) is 4.39 Å². The first-order valence-corrected chi connectivity index (χ1v) is 6.88. The Hall–Kier alpha value is -1.58. The van der Waals surface area contributed by atoms with Crippen LogP contribution >= 0.6 is 23.2 Å². The fraction of sp³-hybridized carbons (Fsp3) is 0.133. The molecule has 0 heterocycles. The Balaban J connectivity index is 2.02. The molecule has 0 unspecified atom stereocenters. The SMILES string of the molecule is O=C(NCc1cccc(CCl)c1)c1ccc(Cl)c(F)c1. The molecule has 0 aliphatic carbocycles. The van der Waals surface area contributed by atoms with Gasteiger partial charge in [-0.25, -0.2) is 4.39 Å². The smallest absolute Gasteiger partial charge is 0.251 e. The van der Waals surface area contributed by atoms with Crippen LogP contribution in [0.2, 0.25) is 5.02 Å². The van der Waals surface area contributed by atoms with Gasteiger partial charge in [-0.3, -0.25) is 4.79 Å². The predicted octanol–water partition coefficient (Wildman–Crippen LogP) is 4.15. The largest absolute Gasteiger partial charge is 0.348 e. The molecule has 2 aromatic rings. The van der Waals surface area contributed by atoms with E-state index in [0.717, 1.165) is 17.2 Å². The maximum absolute atomic E-state index is 13.3. The molecule has 1 amide bonds. The molecule has 5 heteroatoms. The molecule has 20 heavy (non-hydrogen) atoms. The Bertz CT molecular complexity index is 631. The molecule has 0 fully saturated rings. The van der Waals surface area contributed by atoms with Crippen molar-refractivity contribution in [3.63, 3.8) is 0 Å². The summed E-state index contributed by atoms with van der Waals surface area (Å²) in [7, 11) is 0. The van der Waals surface area contributed by atoms with Crippen molar-refractivity contribution >= 4 is 29.1 Å². The standard InChI is InChI=1S/C15H12Cl2FNO/c16-8-10-2-1-3-11(6-10)9-19-15(20)12-4-5-13(17)14(18)7-12/h1-7H,8-9H2,(H,19,20). The van der Waals surface area contributed by atoms with Gasteiger partial charge in [0.05, 0.1) is 5.02 Å². The van der Waals surface area contributed by atoms with Gasteiger partial charge in [0.15, 0.2) is 0 Å². The summed E-state index contributed by atoms with van der Waals surface area (Å²) in [6.07, 6.45) is 0. The van der Waals surface area contributed by atoms with E-state index in [1.54, 1.807) is 0 Å². The Labute approximate surface area is 126 Å². The monoisotopic (exact) mass is 311 g/mol. The number of rotatable bonds is 4. The van der Waals surface area contributed by atoms with Gasteiger partial charge in [-0.1, -0.05) is 35.9 Å². The molecule has 104 valence electrons. The number of benzene rings is 2. The molecule has 0 aliphatic rings. The number of carbonyl (C=O) groups excluding carboxylic acids is 1. The zero-order valence-electron chi connectivity index (χ0n) is 10.5. The van der Waals surface area contributed by atoms with Crippen LogP contribution in [0.25, 0.3) is 0 Å². The van der Waals surface area contributed by atoms with E-state index >= 15 is 0 Å². The Morgan fingerprint density at radius 2 is 1.90 bits per heavy atom. The number of alkyl halides is 1. The highest BCUT2D eigenvalue weighted by Gasteiger charge is 2.08. The van der Waals surface area contributed by atoms with Crippen molar-refractivity contribution in [3.8, 4) is 0 Å². The van der Waals surface area contributed by atoms with Crippen LogP contribution in [0.5, 0.6) is 0 Å². The zero-order chi connectivity index (χ0) is 14.5. The van der Waals surface area contributed by atoms with Crippen molar-refractivity contribution in [1.29, 1.82) is 0 Å². The number of amides is 1. The van der Waals surface area contributed by atoms with Crippen LogP contribution in [0.1, 0.15) is 21.5 Å². The van der Waals surface area contributed by atoms with Gasteiger partial charge in [0.25, 0.3) is 5.91 Å². The van der Waals surface area contributed by atoms with Crippen LogP contribution in [0.3, 0.4) is 0 Å². The number of nitrogens with one attached hydrogen (secondary N) is 1. The van der Waals surface area contributed by atoms with Gasteiger partial charge in [0.2, 0.25) is 0 Å². The van der Waals surface area contributed by atoms with E-state index in [1.807, 2.05) is 24.3 Å². The highest BCUT2D eigenvalue weighted by atomic mass is 35.5. The van der Waals surface area contributed by atoms with E-state index in [1.165, 1.54) is 12.1 Å². The van der Waals surface area contributed by atoms with E-state index < -0.39 is 5.82 Å². The van der Waals surface area contributed by atoms with Crippen molar-refractivity contribution < 1.29 is 9.18 Å². The molecular weight excluding hydrogens is 300 g/mol. The van der Waals surface area contributed by atoms with Crippen molar-refractivity contribution in [2.45, 2.75) is 12.4 Å². The van der Waals surface area contributed by atoms with Crippen LogP contribution in [0, 0.1) is 5.82 Å². The third-order valence-electron chi connectivity index (χ3n) is 2.78. The molecule has 2 aromatic carbocycles. The predicted molar refractivity (Wildman–Crippen MR) is 78.6 cm³/mol. The molecule has 0 spiro atoms. The van der Waals surface area contributed by atoms with E-state index in [9.17, 15) is 9.18 Å². The van der Waals surface area contributed by atoms with Crippen molar-refractivity contribution in [1.82, 2.24) is 5.32 Å². The second-order valence-corrected chi connectivity index (χ2v) is 4.94. The quantitative estimate of drug-likeness (QED) is 0.844. The second kappa shape index (κ2) is 6.73. The molecule has 0 atom stereocenters. The maximum Gasteiger partial charge on any atom is 0.251 e. The van der Waals surface area contributed by atoms with Gasteiger partial charge in [0.1, 0.15) is 5.82 Å². The Morgan fingerprint density at radius 3 is 2.60 bits per heavy atom. The third kappa shape index (κ3) is 3.71. The number of halogens is 3. The summed E-state index contributed by atoms with van der Waals surface area (Å²) < 4.78 is 13.3. The van der Waals surface area contributed by atoms with E-state index in [2.05, 4.69) is 5.32 Å². The lowest BCUT2D eigenvalue weighted by atomic mass is 10.1. The first-order chi connectivity index (χ1) is 9.60. The molecule has 0 saturated heterocycles. The highest BCUT2D eigenvalue weighted by molar-refractivity contribution is 6.30. The first-order valence-electron chi connectivity index (χ1n) is 5.97. The molecule has 0 radical (unpaired) electrons. The van der Waals surface area contributed by atoms with Gasteiger partial charge < -0.3 is 5.32 Å². The minimum Gasteiger partial charge on any atom is -0.348 e. The summed E-state index contributed by atoms with van der Waals surface area (Å²) in [5, 5.41) is 2.72. The summed E-state index contributed by atoms with van der Waals surface area (Å²) in [6.45, 7) is 0.355. The lowest BCUT2D eigenvalue weighted by Crippen LogP contribution is -2.22. The molecule has 0 aromatic heterocycles. The normalized spacial score (nSPS) is 10.3. The lowest BCUT2D eigenvalue weighted by Gasteiger charge is -2.07. The average molecular weight is 312 g/mol. The summed E-state index contributed by atoms with van der Waals surface area (Å²) in [5.74, 6) is -0.537. The molecule has 2 rings (SSSR count). The zero-order valence-corrected chi connectivity index (χ0v) is 12.0. The maximum atomic E-state index is 13.3. The van der Waals surface area contributed by atoms with Crippen LogP contribution < -0.4 is 5.32 Å². The fourth-order valence-electron chi connectivity index (χ4n) is 1.74. The molecule has 0 aliphatic heterocycles. The second-order valence-electron chi connectivity index (χ2n) is 4.27. The summed E-state index contributed by atoms with van der Waals surface area (Å²) in [6, 6.07) is 11.5. The van der Waals surface area contributed by atoms with Crippen LogP contribution in [-0.2, 0) is 12.4 Å². The topological polar surface area (TPSA) is 29.1 Å². The summed E-state index contributed by atoms with van der Waals surface area (Å²) in [4.78, 5) is 11.9. The molecule has 0 bridgehead atoms. The average Bonchev–Trinajstić information content (AvgIpc) is 2.47. The fourth-order valence-corrected chi connectivity index (χ4v) is 2.03. The summed E-state index contributed by atoms with van der Waals surface area (Å²) >= 11 is 11.3. The third-order valence-corrected chi connectivity index (χ3v) is 3.40. The number of hydrogen-bond donors (Lipinski definition) is 1. The first kappa shape index (κ1) is 14.8. The van der Waals surface area contributed by atoms with Crippen LogP contribution in [-0.4, -0.2) is 5.91 Å². The van der Waals surface area contributed by atoms with Gasteiger partial charge in [-0.15, -0.1) is 11.6 Å². The van der Waals surface area contributed by atoms with Gasteiger partial charge >= 0.3 is 0 Å². The van der Waals surface area contributed by atoms with Crippen LogP contribution in [0.15, 0.2) is 42.5 Å². The highest BCUT2D eigenvalue weighted by Crippen LogP contribution is 2.15. The van der Waals surface area contributed by atoms with Crippen molar-refractivity contribution in [2.24, 2.45) is 0 Å². The summed E-state index contributed by atoms with van der Waals surface area (Å²) in [5.41, 5.74) is 2.15.